The molecule has 0 radical (unpaired) electrons. The van der Waals surface area contributed by atoms with Crippen LogP contribution in [0.25, 0.3) is 0 Å². The van der Waals surface area contributed by atoms with Crippen LogP contribution in [0.1, 0.15) is 43.7 Å². The van der Waals surface area contributed by atoms with Crippen molar-refractivity contribution < 1.29 is 8.42 Å². The van der Waals surface area contributed by atoms with Gasteiger partial charge in [-0.15, -0.1) is 0 Å². The molecule has 0 aromatic heterocycles. The lowest BCUT2D eigenvalue weighted by atomic mass is 9.87. The molecule has 1 aromatic carbocycles. The van der Waals surface area contributed by atoms with Crippen LogP contribution in [0.2, 0.25) is 0 Å². The quantitative estimate of drug-likeness (QED) is 0.873. The predicted octanol–water partition coefficient (Wildman–Crippen LogP) is 3.08. The lowest BCUT2D eigenvalue weighted by molar-refractivity contribution is 0.246. The van der Waals surface area contributed by atoms with E-state index < -0.39 is 10.0 Å². The molecule has 0 unspecified atom stereocenters. The largest absolute Gasteiger partial charge is 0.398 e. The van der Waals surface area contributed by atoms with E-state index in [0.717, 1.165) is 36.8 Å². The van der Waals surface area contributed by atoms with Crippen molar-refractivity contribution >= 4 is 15.7 Å². The van der Waals surface area contributed by atoms with Crippen molar-refractivity contribution in [1.82, 2.24) is 4.31 Å². The van der Waals surface area contributed by atoms with Crippen molar-refractivity contribution in [3.8, 4) is 0 Å². The van der Waals surface area contributed by atoms with Gasteiger partial charge >= 0.3 is 0 Å². The number of sulfonamides is 1. The van der Waals surface area contributed by atoms with E-state index in [1.807, 2.05) is 19.9 Å². The van der Waals surface area contributed by atoms with Gasteiger partial charge in [0.1, 0.15) is 4.90 Å². The molecule has 0 atom stereocenters. The summed E-state index contributed by atoms with van der Waals surface area (Å²) in [6.45, 7) is 5.97. The van der Waals surface area contributed by atoms with Crippen molar-refractivity contribution in [3.05, 3.63) is 23.3 Å². The van der Waals surface area contributed by atoms with Crippen LogP contribution in [0.3, 0.4) is 0 Å². The summed E-state index contributed by atoms with van der Waals surface area (Å²) in [6.07, 6.45) is 4.04. The number of nitrogen functional groups attached to an aromatic ring is 1. The standard InChI is InChI=1S/C16H26N2O2S/c1-11-5-8-14(9-6-11)18(4)21(19,20)16-13(3)12(2)7-10-15(16)17/h7,10-11,14H,5-6,8-9,17H2,1-4H3. The van der Waals surface area contributed by atoms with E-state index in [0.29, 0.717) is 11.6 Å². The first-order valence-electron chi connectivity index (χ1n) is 7.59. The number of nitrogens with two attached hydrogens (primary N) is 1. The number of rotatable bonds is 3. The second-order valence-corrected chi connectivity index (χ2v) is 8.30. The van der Waals surface area contributed by atoms with Crippen molar-refractivity contribution in [1.29, 1.82) is 0 Å². The fraction of sp³-hybridized carbons (Fsp3) is 0.625. The summed E-state index contributed by atoms with van der Waals surface area (Å²) in [5.41, 5.74) is 8.01. The normalized spacial score (nSPS) is 23.5. The fourth-order valence-corrected chi connectivity index (χ4v) is 4.90. The first-order chi connectivity index (χ1) is 9.75. The average Bonchev–Trinajstić information content (AvgIpc) is 2.43. The van der Waals surface area contributed by atoms with Crippen LogP contribution in [0.5, 0.6) is 0 Å². The monoisotopic (exact) mass is 310 g/mol. The van der Waals surface area contributed by atoms with Gasteiger partial charge in [0.15, 0.2) is 0 Å². The van der Waals surface area contributed by atoms with Crippen LogP contribution >= 0.6 is 0 Å². The molecule has 1 saturated carbocycles. The highest BCUT2D eigenvalue weighted by Gasteiger charge is 2.32. The Kier molecular flexibility index (Phi) is 4.63. The molecular weight excluding hydrogens is 284 g/mol. The highest BCUT2D eigenvalue weighted by Crippen LogP contribution is 2.33. The van der Waals surface area contributed by atoms with Gasteiger partial charge in [0.05, 0.1) is 5.69 Å². The maximum absolute atomic E-state index is 13.0. The molecule has 0 amide bonds. The molecule has 1 aliphatic rings. The Balaban J connectivity index is 2.36. The molecule has 0 bridgehead atoms. The molecular formula is C16H26N2O2S. The molecule has 0 spiro atoms. The SMILES string of the molecule is Cc1ccc(N)c(S(=O)(=O)N(C)C2CCC(C)CC2)c1C. The zero-order valence-electron chi connectivity index (χ0n) is 13.4. The van der Waals surface area contributed by atoms with E-state index in [9.17, 15) is 8.42 Å². The van der Waals surface area contributed by atoms with Crippen molar-refractivity contribution in [2.24, 2.45) is 5.92 Å². The maximum atomic E-state index is 13.0. The van der Waals surface area contributed by atoms with E-state index in [-0.39, 0.29) is 10.9 Å². The molecule has 21 heavy (non-hydrogen) atoms. The van der Waals surface area contributed by atoms with Crippen molar-refractivity contribution in [2.45, 2.75) is 57.4 Å². The van der Waals surface area contributed by atoms with E-state index in [4.69, 9.17) is 5.73 Å². The number of aryl methyl sites for hydroxylation is 1. The molecule has 1 fully saturated rings. The summed E-state index contributed by atoms with van der Waals surface area (Å²) < 4.78 is 27.4. The number of nitrogens with zero attached hydrogens (tertiary/aromatic N) is 1. The zero-order chi connectivity index (χ0) is 15.8. The number of benzene rings is 1. The van der Waals surface area contributed by atoms with Crippen molar-refractivity contribution in [2.75, 3.05) is 12.8 Å². The minimum atomic E-state index is -3.53. The predicted molar refractivity (Wildman–Crippen MR) is 86.7 cm³/mol. The molecule has 118 valence electrons. The van der Waals surface area contributed by atoms with Gasteiger partial charge in [-0.3, -0.25) is 0 Å². The third-order valence-electron chi connectivity index (χ3n) is 4.84. The molecule has 1 aromatic rings. The fourth-order valence-electron chi connectivity index (χ4n) is 3.10. The lowest BCUT2D eigenvalue weighted by Crippen LogP contribution is -2.39. The van der Waals surface area contributed by atoms with E-state index in [1.54, 1.807) is 13.1 Å². The van der Waals surface area contributed by atoms with Crippen LogP contribution in [0, 0.1) is 19.8 Å². The molecule has 1 aliphatic carbocycles. The molecule has 2 N–H and O–H groups in total. The Morgan fingerprint density at radius 3 is 2.29 bits per heavy atom. The first-order valence-corrected chi connectivity index (χ1v) is 9.03. The second-order valence-electron chi connectivity index (χ2n) is 6.36. The van der Waals surface area contributed by atoms with E-state index in [2.05, 4.69) is 6.92 Å². The van der Waals surface area contributed by atoms with E-state index >= 15 is 0 Å². The van der Waals surface area contributed by atoms with Gasteiger partial charge in [-0.05, 0) is 62.6 Å². The maximum Gasteiger partial charge on any atom is 0.245 e. The molecule has 5 heteroatoms. The highest BCUT2D eigenvalue weighted by molar-refractivity contribution is 7.89. The van der Waals surface area contributed by atoms with Gasteiger partial charge in [0.25, 0.3) is 0 Å². The molecule has 4 nitrogen and oxygen atoms in total. The summed E-state index contributed by atoms with van der Waals surface area (Å²) >= 11 is 0. The third-order valence-corrected chi connectivity index (χ3v) is 6.96. The smallest absolute Gasteiger partial charge is 0.245 e. The molecule has 0 aliphatic heterocycles. The average molecular weight is 310 g/mol. The molecule has 0 saturated heterocycles. The summed E-state index contributed by atoms with van der Waals surface area (Å²) in [7, 11) is -1.84. The Bertz CT molecular complexity index is 617. The summed E-state index contributed by atoms with van der Waals surface area (Å²) in [5.74, 6) is 0.697. The highest BCUT2D eigenvalue weighted by atomic mass is 32.2. The van der Waals surface area contributed by atoms with E-state index in [1.165, 1.54) is 4.31 Å². The van der Waals surface area contributed by atoms with Gasteiger partial charge in [-0.1, -0.05) is 13.0 Å². The Morgan fingerprint density at radius 1 is 1.14 bits per heavy atom. The third kappa shape index (κ3) is 3.09. The molecule has 0 heterocycles. The van der Waals surface area contributed by atoms with Crippen LogP contribution in [0.4, 0.5) is 5.69 Å². The minimum Gasteiger partial charge on any atom is -0.398 e. The second kappa shape index (κ2) is 5.97. The zero-order valence-corrected chi connectivity index (χ0v) is 14.2. The Labute approximate surface area is 128 Å². The number of hydrogen-bond donors (Lipinski definition) is 1. The van der Waals surface area contributed by atoms with Crippen molar-refractivity contribution in [3.63, 3.8) is 0 Å². The van der Waals surface area contributed by atoms with Gasteiger partial charge < -0.3 is 5.73 Å². The van der Waals surface area contributed by atoms with Crippen LogP contribution in [0.15, 0.2) is 17.0 Å². The van der Waals surface area contributed by atoms with Crippen LogP contribution < -0.4 is 5.73 Å². The number of anilines is 1. The Hall–Kier alpha value is -1.07. The molecule has 2 rings (SSSR count). The summed E-state index contributed by atoms with van der Waals surface area (Å²) in [5, 5.41) is 0. The topological polar surface area (TPSA) is 63.4 Å². The van der Waals surface area contributed by atoms with Gasteiger partial charge in [0, 0.05) is 13.1 Å². The summed E-state index contributed by atoms with van der Waals surface area (Å²) in [4.78, 5) is 0.281. The van der Waals surface area contributed by atoms with Gasteiger partial charge in [-0.25, -0.2) is 8.42 Å². The van der Waals surface area contributed by atoms with Gasteiger partial charge in [0.2, 0.25) is 10.0 Å². The first kappa shape index (κ1) is 16.3. The van der Waals surface area contributed by atoms with Crippen LogP contribution in [-0.2, 0) is 10.0 Å². The Morgan fingerprint density at radius 2 is 1.71 bits per heavy atom. The minimum absolute atomic E-state index is 0.0884. The van der Waals surface area contributed by atoms with Crippen LogP contribution in [-0.4, -0.2) is 25.8 Å². The lowest BCUT2D eigenvalue weighted by Gasteiger charge is -2.33. The number of hydrogen-bond acceptors (Lipinski definition) is 3. The van der Waals surface area contributed by atoms with Gasteiger partial charge in [-0.2, -0.15) is 4.31 Å². The summed E-state index contributed by atoms with van der Waals surface area (Å²) in [6, 6.07) is 3.64.